The molecular formula is C25H26Cl2N2O4. The smallest absolute Gasteiger partial charge is 0.336 e. The largest absolute Gasteiger partial charge is 0.507 e. The number of carbonyl (C=O) groups excluding carboxylic acids is 3. The molecule has 0 bridgehead atoms. The Labute approximate surface area is 203 Å². The Morgan fingerprint density at radius 2 is 1.48 bits per heavy atom. The van der Waals surface area contributed by atoms with Crippen molar-refractivity contribution in [1.82, 2.24) is 5.32 Å². The molecule has 1 aliphatic heterocycles. The van der Waals surface area contributed by atoms with Crippen molar-refractivity contribution in [3.63, 3.8) is 0 Å². The lowest BCUT2D eigenvalue weighted by molar-refractivity contribution is -0.122. The third-order valence-corrected chi connectivity index (χ3v) is 6.14. The second-order valence-corrected chi connectivity index (χ2v) is 10.8. The van der Waals surface area contributed by atoms with E-state index in [0.29, 0.717) is 16.7 Å². The molecule has 0 atom stereocenters. The van der Waals surface area contributed by atoms with Crippen LogP contribution in [-0.2, 0) is 20.4 Å². The number of hydrogen-bond donors (Lipinski definition) is 2. The molecule has 2 aromatic rings. The van der Waals surface area contributed by atoms with Crippen molar-refractivity contribution in [2.75, 3.05) is 4.90 Å². The van der Waals surface area contributed by atoms with Crippen LogP contribution in [-0.4, -0.2) is 23.0 Å². The molecule has 3 rings (SSSR count). The molecule has 174 valence electrons. The first kappa shape index (κ1) is 24.8. The fourth-order valence-electron chi connectivity index (χ4n) is 3.59. The summed E-state index contributed by atoms with van der Waals surface area (Å²) in [6.07, 6.45) is 1.42. The molecule has 0 aliphatic carbocycles. The number of hydrogen-bond acceptors (Lipinski definition) is 4. The van der Waals surface area contributed by atoms with Crippen molar-refractivity contribution in [3.05, 3.63) is 62.6 Å². The molecule has 2 aromatic carbocycles. The number of imide groups is 2. The molecule has 2 N–H and O–H groups in total. The van der Waals surface area contributed by atoms with Crippen molar-refractivity contribution >= 4 is 52.8 Å². The maximum atomic E-state index is 13.3. The molecule has 33 heavy (non-hydrogen) atoms. The summed E-state index contributed by atoms with van der Waals surface area (Å²) in [5.41, 5.74) is 0.944. The van der Waals surface area contributed by atoms with Crippen LogP contribution in [0.2, 0.25) is 10.0 Å². The van der Waals surface area contributed by atoms with Crippen molar-refractivity contribution in [3.8, 4) is 5.75 Å². The summed E-state index contributed by atoms with van der Waals surface area (Å²) in [6, 6.07) is 7.11. The van der Waals surface area contributed by atoms with Gasteiger partial charge in [0.15, 0.2) is 0 Å². The van der Waals surface area contributed by atoms with Crippen LogP contribution >= 0.6 is 23.2 Å². The van der Waals surface area contributed by atoms with Crippen LogP contribution in [0, 0.1) is 0 Å². The maximum absolute atomic E-state index is 13.3. The van der Waals surface area contributed by atoms with Gasteiger partial charge in [-0.15, -0.1) is 0 Å². The van der Waals surface area contributed by atoms with Gasteiger partial charge in [0, 0.05) is 11.1 Å². The average molecular weight is 489 g/mol. The normalized spacial score (nSPS) is 16.4. The Morgan fingerprint density at radius 1 is 0.939 bits per heavy atom. The summed E-state index contributed by atoms with van der Waals surface area (Å²) < 4.78 is 0. The van der Waals surface area contributed by atoms with Gasteiger partial charge in [-0.3, -0.25) is 14.9 Å². The Balaban J connectivity index is 2.19. The van der Waals surface area contributed by atoms with E-state index in [9.17, 15) is 19.5 Å². The molecule has 8 heteroatoms. The van der Waals surface area contributed by atoms with E-state index in [1.807, 2.05) is 41.5 Å². The van der Waals surface area contributed by atoms with Crippen LogP contribution < -0.4 is 10.2 Å². The summed E-state index contributed by atoms with van der Waals surface area (Å²) >= 11 is 12.3. The fraction of sp³-hybridized carbons (Fsp3) is 0.320. The molecule has 1 aliphatic rings. The highest BCUT2D eigenvalue weighted by Gasteiger charge is 2.38. The number of nitrogens with zero attached hydrogens (tertiary/aromatic N) is 1. The quantitative estimate of drug-likeness (QED) is 0.403. The minimum Gasteiger partial charge on any atom is -0.507 e. The predicted octanol–water partition coefficient (Wildman–Crippen LogP) is 5.96. The monoisotopic (exact) mass is 488 g/mol. The Kier molecular flexibility index (Phi) is 6.39. The zero-order chi connectivity index (χ0) is 24.9. The lowest BCUT2D eigenvalue weighted by atomic mass is 9.78. The van der Waals surface area contributed by atoms with Gasteiger partial charge in [-0.25, -0.2) is 9.69 Å². The van der Waals surface area contributed by atoms with Crippen LogP contribution in [0.1, 0.15) is 58.2 Å². The number of rotatable bonds is 2. The maximum Gasteiger partial charge on any atom is 0.336 e. The van der Waals surface area contributed by atoms with Crippen LogP contribution in [0.4, 0.5) is 10.5 Å². The summed E-state index contributed by atoms with van der Waals surface area (Å²) in [5.74, 6) is -1.46. The molecule has 1 saturated heterocycles. The number of barbiturate groups is 1. The first-order chi connectivity index (χ1) is 15.1. The molecule has 1 fully saturated rings. The summed E-state index contributed by atoms with van der Waals surface area (Å²) in [7, 11) is 0. The van der Waals surface area contributed by atoms with Gasteiger partial charge in [-0.05, 0) is 46.7 Å². The highest BCUT2D eigenvalue weighted by Crippen LogP contribution is 2.40. The number of aromatic hydroxyl groups is 1. The molecular weight excluding hydrogens is 463 g/mol. The number of nitrogens with one attached hydrogen (secondary N) is 1. The van der Waals surface area contributed by atoms with E-state index in [4.69, 9.17) is 23.2 Å². The van der Waals surface area contributed by atoms with Crippen LogP contribution in [0.25, 0.3) is 6.08 Å². The van der Waals surface area contributed by atoms with Crippen molar-refractivity contribution in [1.29, 1.82) is 0 Å². The lowest BCUT2D eigenvalue weighted by Crippen LogP contribution is -2.54. The number of anilines is 1. The standard InChI is InChI=1S/C25H26Cl2N2O4/c1-24(2,3)15-11-13(12-16(20(15)30)25(4,5)6)10-14-21(31)28-23(33)29(22(14)32)18-9-7-8-17(26)19(18)27/h7-12,30H,1-6H3,(H,28,31,33)/b14-10+. The zero-order valence-electron chi connectivity index (χ0n) is 19.3. The molecule has 0 radical (unpaired) electrons. The van der Waals surface area contributed by atoms with E-state index in [0.717, 1.165) is 4.90 Å². The summed E-state index contributed by atoms with van der Waals surface area (Å²) in [4.78, 5) is 39.2. The second kappa shape index (κ2) is 8.50. The molecule has 6 nitrogen and oxygen atoms in total. The van der Waals surface area contributed by atoms with Crippen molar-refractivity contribution in [2.45, 2.75) is 52.4 Å². The third-order valence-electron chi connectivity index (χ3n) is 5.33. The van der Waals surface area contributed by atoms with Gasteiger partial charge in [0.1, 0.15) is 11.3 Å². The van der Waals surface area contributed by atoms with Gasteiger partial charge in [-0.2, -0.15) is 0 Å². The van der Waals surface area contributed by atoms with Crippen LogP contribution in [0.15, 0.2) is 35.9 Å². The third kappa shape index (κ3) is 4.77. The highest BCUT2D eigenvalue weighted by molar-refractivity contribution is 6.46. The summed E-state index contributed by atoms with van der Waals surface area (Å²) in [5, 5.41) is 13.3. The first-order valence-corrected chi connectivity index (χ1v) is 11.1. The second-order valence-electron chi connectivity index (χ2n) is 10.00. The van der Waals surface area contributed by atoms with E-state index < -0.39 is 28.7 Å². The van der Waals surface area contributed by atoms with E-state index in [-0.39, 0.29) is 27.1 Å². The van der Waals surface area contributed by atoms with E-state index in [1.165, 1.54) is 18.2 Å². The number of amides is 4. The molecule has 4 amide bonds. The number of urea groups is 1. The fourth-order valence-corrected chi connectivity index (χ4v) is 3.97. The van der Waals surface area contributed by atoms with Crippen LogP contribution in [0.3, 0.4) is 0 Å². The number of phenols is 1. The van der Waals surface area contributed by atoms with E-state index in [2.05, 4.69) is 5.32 Å². The van der Waals surface area contributed by atoms with Crippen molar-refractivity contribution in [2.24, 2.45) is 0 Å². The number of halogens is 2. The van der Waals surface area contributed by atoms with Crippen molar-refractivity contribution < 1.29 is 19.5 Å². The molecule has 0 spiro atoms. The van der Waals surface area contributed by atoms with Gasteiger partial charge >= 0.3 is 6.03 Å². The Hall–Kier alpha value is -2.83. The topological polar surface area (TPSA) is 86.7 Å². The van der Waals surface area contributed by atoms with Gasteiger partial charge < -0.3 is 5.11 Å². The predicted molar refractivity (Wildman–Crippen MR) is 131 cm³/mol. The van der Waals surface area contributed by atoms with Gasteiger partial charge in [0.25, 0.3) is 11.8 Å². The van der Waals surface area contributed by atoms with Crippen LogP contribution in [0.5, 0.6) is 5.75 Å². The Morgan fingerprint density at radius 3 is 2.00 bits per heavy atom. The number of benzene rings is 2. The lowest BCUT2D eigenvalue weighted by Gasteiger charge is -2.29. The number of carbonyl (C=O) groups is 3. The van der Waals surface area contributed by atoms with Gasteiger partial charge in [-0.1, -0.05) is 70.8 Å². The molecule has 0 saturated carbocycles. The van der Waals surface area contributed by atoms with Gasteiger partial charge in [0.2, 0.25) is 0 Å². The molecule has 0 unspecified atom stereocenters. The SMILES string of the molecule is CC(C)(C)c1cc(/C=C2\C(=O)NC(=O)N(c3cccc(Cl)c3Cl)C2=O)cc(C(C)(C)C)c1O. The average Bonchev–Trinajstić information content (AvgIpc) is 2.67. The van der Waals surface area contributed by atoms with E-state index >= 15 is 0 Å². The highest BCUT2D eigenvalue weighted by atomic mass is 35.5. The first-order valence-electron chi connectivity index (χ1n) is 10.4. The molecule has 0 aromatic heterocycles. The van der Waals surface area contributed by atoms with E-state index in [1.54, 1.807) is 18.2 Å². The zero-order valence-corrected chi connectivity index (χ0v) is 20.9. The minimum atomic E-state index is -0.914. The summed E-state index contributed by atoms with van der Waals surface area (Å²) in [6.45, 7) is 11.8. The number of phenolic OH excluding ortho intramolecular Hbond substituents is 1. The Bertz CT molecular complexity index is 1170. The van der Waals surface area contributed by atoms with Gasteiger partial charge in [0.05, 0.1) is 15.7 Å². The molecule has 1 heterocycles. The minimum absolute atomic E-state index is 0.0195.